The highest BCUT2D eigenvalue weighted by Gasteiger charge is 2.24. The lowest BCUT2D eigenvalue weighted by Gasteiger charge is -2.00. The molecule has 2 rings (SSSR count). The van der Waals surface area contributed by atoms with E-state index in [1.807, 2.05) is 0 Å². The minimum Gasteiger partial charge on any atom is -0.368 e. The van der Waals surface area contributed by atoms with Gasteiger partial charge in [-0.1, -0.05) is 5.16 Å². The quantitative estimate of drug-likeness (QED) is 0.641. The monoisotopic (exact) mass is 182 g/mol. The van der Waals surface area contributed by atoms with Crippen LogP contribution in [0.25, 0.3) is 0 Å². The highest BCUT2D eigenvalue weighted by atomic mass is 16.5. The first-order valence-electron chi connectivity index (χ1n) is 4.23. The van der Waals surface area contributed by atoms with Crippen LogP contribution in [0.1, 0.15) is 42.4 Å². The first kappa shape index (κ1) is 8.37. The fraction of sp³-hybridized carbons (Fsp3) is 0.625. The molecule has 13 heavy (non-hydrogen) atoms. The Balaban J connectivity index is 2.16. The molecule has 0 radical (unpaired) electrons. The molecule has 0 amide bonds. The second kappa shape index (κ2) is 3.26. The summed E-state index contributed by atoms with van der Waals surface area (Å²) in [5.74, 6) is 0.362. The average molecular weight is 182 g/mol. The summed E-state index contributed by atoms with van der Waals surface area (Å²) in [6.45, 7) is 2.13. The molecule has 5 heteroatoms. The van der Waals surface area contributed by atoms with Crippen LogP contribution in [0.2, 0.25) is 0 Å². The van der Waals surface area contributed by atoms with E-state index in [2.05, 4.69) is 10.1 Å². The summed E-state index contributed by atoms with van der Waals surface area (Å²) in [5.41, 5.74) is 0. The van der Waals surface area contributed by atoms with Gasteiger partial charge in [0, 0.05) is 13.5 Å². The maximum atomic E-state index is 10.8. The summed E-state index contributed by atoms with van der Waals surface area (Å²) in [4.78, 5) is 14.8. The van der Waals surface area contributed by atoms with E-state index in [0.717, 1.165) is 19.4 Å². The maximum absolute atomic E-state index is 10.8. The third-order valence-corrected chi connectivity index (χ3v) is 1.96. The maximum Gasteiger partial charge on any atom is 0.256 e. The van der Waals surface area contributed by atoms with Gasteiger partial charge in [-0.05, 0) is 12.8 Å². The first-order valence-corrected chi connectivity index (χ1v) is 4.23. The molecule has 0 N–H and O–H groups in total. The number of hydrogen-bond donors (Lipinski definition) is 0. The lowest BCUT2D eigenvalue weighted by molar-refractivity contribution is 0.0835. The van der Waals surface area contributed by atoms with Crippen LogP contribution in [-0.4, -0.2) is 22.5 Å². The third-order valence-electron chi connectivity index (χ3n) is 1.96. The smallest absolute Gasteiger partial charge is 0.256 e. The fourth-order valence-corrected chi connectivity index (χ4v) is 1.28. The number of rotatable bonds is 2. The van der Waals surface area contributed by atoms with Crippen LogP contribution < -0.4 is 0 Å². The van der Waals surface area contributed by atoms with E-state index in [-0.39, 0.29) is 17.7 Å². The van der Waals surface area contributed by atoms with E-state index in [1.54, 1.807) is 0 Å². The standard InChI is InChI=1S/C8H10N2O3/c1-5(11)7-9-8(13-10-7)6-3-2-4-12-6/h6H,2-4H2,1H3. The van der Waals surface area contributed by atoms with Crippen molar-refractivity contribution in [2.45, 2.75) is 25.9 Å². The number of hydrogen-bond acceptors (Lipinski definition) is 5. The third kappa shape index (κ3) is 1.60. The van der Waals surface area contributed by atoms with E-state index in [4.69, 9.17) is 9.26 Å². The van der Waals surface area contributed by atoms with Gasteiger partial charge >= 0.3 is 0 Å². The van der Waals surface area contributed by atoms with Crippen molar-refractivity contribution in [2.75, 3.05) is 6.61 Å². The van der Waals surface area contributed by atoms with Crippen molar-refractivity contribution in [3.63, 3.8) is 0 Å². The number of aromatic nitrogens is 2. The Bertz CT molecular complexity index is 315. The van der Waals surface area contributed by atoms with Crippen LogP contribution in [0.15, 0.2) is 4.52 Å². The van der Waals surface area contributed by atoms with Crippen molar-refractivity contribution in [1.29, 1.82) is 0 Å². The number of ether oxygens (including phenoxy) is 1. The van der Waals surface area contributed by atoms with Crippen molar-refractivity contribution in [1.82, 2.24) is 10.1 Å². The van der Waals surface area contributed by atoms with Crippen molar-refractivity contribution in [3.8, 4) is 0 Å². The van der Waals surface area contributed by atoms with E-state index < -0.39 is 0 Å². The molecule has 1 aromatic heterocycles. The molecule has 0 bridgehead atoms. The summed E-state index contributed by atoms with van der Waals surface area (Å²) in [5, 5.41) is 3.54. The SMILES string of the molecule is CC(=O)c1noc(C2CCCO2)n1. The summed E-state index contributed by atoms with van der Waals surface area (Å²) in [7, 11) is 0. The van der Waals surface area contributed by atoms with Gasteiger partial charge in [-0.3, -0.25) is 4.79 Å². The Labute approximate surface area is 75.1 Å². The molecule has 1 unspecified atom stereocenters. The molecular weight excluding hydrogens is 172 g/mol. The zero-order valence-electron chi connectivity index (χ0n) is 7.32. The zero-order valence-corrected chi connectivity index (χ0v) is 7.32. The summed E-state index contributed by atoms with van der Waals surface area (Å²) in [6.07, 6.45) is 1.78. The Hall–Kier alpha value is -1.23. The Kier molecular flexibility index (Phi) is 2.10. The van der Waals surface area contributed by atoms with Crippen LogP contribution in [0.5, 0.6) is 0 Å². The van der Waals surface area contributed by atoms with Gasteiger partial charge in [-0.25, -0.2) is 0 Å². The van der Waals surface area contributed by atoms with Crippen molar-refractivity contribution in [3.05, 3.63) is 11.7 Å². The lowest BCUT2D eigenvalue weighted by Crippen LogP contribution is -1.98. The van der Waals surface area contributed by atoms with E-state index >= 15 is 0 Å². The van der Waals surface area contributed by atoms with Gasteiger partial charge in [0.15, 0.2) is 0 Å². The Morgan fingerprint density at radius 2 is 2.46 bits per heavy atom. The van der Waals surface area contributed by atoms with Gasteiger partial charge < -0.3 is 9.26 Å². The highest BCUT2D eigenvalue weighted by molar-refractivity contribution is 5.89. The van der Waals surface area contributed by atoms with Gasteiger partial charge in [-0.2, -0.15) is 4.98 Å². The predicted octanol–water partition coefficient (Wildman–Crippen LogP) is 1.12. The van der Waals surface area contributed by atoms with Gasteiger partial charge in [0.1, 0.15) is 6.10 Å². The fourth-order valence-electron chi connectivity index (χ4n) is 1.28. The normalized spacial score (nSPS) is 22.1. The highest BCUT2D eigenvalue weighted by Crippen LogP contribution is 2.26. The summed E-state index contributed by atoms with van der Waals surface area (Å²) >= 11 is 0. The molecule has 1 aliphatic rings. The van der Waals surface area contributed by atoms with E-state index in [0.29, 0.717) is 5.89 Å². The van der Waals surface area contributed by atoms with Crippen LogP contribution in [0.4, 0.5) is 0 Å². The van der Waals surface area contributed by atoms with Gasteiger partial charge in [0.2, 0.25) is 11.6 Å². The van der Waals surface area contributed by atoms with Gasteiger partial charge in [0.05, 0.1) is 0 Å². The van der Waals surface area contributed by atoms with Crippen LogP contribution in [0, 0.1) is 0 Å². The minimum atomic E-state index is -0.187. The van der Waals surface area contributed by atoms with Crippen LogP contribution >= 0.6 is 0 Å². The van der Waals surface area contributed by atoms with Crippen molar-refractivity contribution < 1.29 is 14.1 Å². The molecule has 70 valence electrons. The molecule has 1 aromatic rings. The van der Waals surface area contributed by atoms with Crippen molar-refractivity contribution >= 4 is 5.78 Å². The van der Waals surface area contributed by atoms with E-state index in [1.165, 1.54) is 6.92 Å². The average Bonchev–Trinajstić information content (AvgIpc) is 2.75. The first-order chi connectivity index (χ1) is 6.27. The van der Waals surface area contributed by atoms with Gasteiger partial charge in [0.25, 0.3) is 5.89 Å². The molecule has 0 spiro atoms. The number of carbonyl (C=O) groups is 1. The predicted molar refractivity (Wildman–Crippen MR) is 42.2 cm³/mol. The molecule has 0 saturated carbocycles. The molecular formula is C8H10N2O3. The molecule has 2 heterocycles. The number of nitrogens with zero attached hydrogens (tertiary/aromatic N) is 2. The second-order valence-electron chi connectivity index (χ2n) is 3.01. The van der Waals surface area contributed by atoms with Gasteiger partial charge in [-0.15, -0.1) is 0 Å². The van der Waals surface area contributed by atoms with E-state index in [9.17, 15) is 4.79 Å². The molecule has 1 fully saturated rings. The molecule has 1 aliphatic heterocycles. The molecule has 0 aromatic carbocycles. The Morgan fingerprint density at radius 3 is 3.00 bits per heavy atom. The zero-order chi connectivity index (χ0) is 9.26. The van der Waals surface area contributed by atoms with Crippen LogP contribution in [-0.2, 0) is 4.74 Å². The van der Waals surface area contributed by atoms with Crippen LogP contribution in [0.3, 0.4) is 0 Å². The molecule has 1 atom stereocenters. The summed E-state index contributed by atoms with van der Waals surface area (Å²) in [6, 6.07) is 0. The lowest BCUT2D eigenvalue weighted by atomic mass is 10.2. The number of ketones is 1. The minimum absolute atomic E-state index is 0.111. The Morgan fingerprint density at radius 1 is 1.62 bits per heavy atom. The molecule has 1 saturated heterocycles. The second-order valence-corrected chi connectivity index (χ2v) is 3.01. The molecule has 0 aliphatic carbocycles. The largest absolute Gasteiger partial charge is 0.368 e. The number of Topliss-reactive ketones (excluding diaryl/α,β-unsaturated/α-hetero) is 1. The van der Waals surface area contributed by atoms with Crippen molar-refractivity contribution in [2.24, 2.45) is 0 Å². The molecule has 5 nitrogen and oxygen atoms in total. The summed E-state index contributed by atoms with van der Waals surface area (Å²) < 4.78 is 10.2. The topological polar surface area (TPSA) is 65.2 Å². The number of carbonyl (C=O) groups excluding carboxylic acids is 1.